The molecule has 0 bridgehead atoms. The van der Waals surface area contributed by atoms with E-state index in [9.17, 15) is 14.4 Å². The first-order chi connectivity index (χ1) is 18.1. The van der Waals surface area contributed by atoms with Crippen LogP contribution in [0.4, 0.5) is 11.5 Å². The van der Waals surface area contributed by atoms with Crippen LogP contribution in [0, 0.1) is 0 Å². The van der Waals surface area contributed by atoms with E-state index in [-0.39, 0.29) is 17.5 Å². The van der Waals surface area contributed by atoms with E-state index in [0.717, 1.165) is 29.8 Å². The zero-order valence-corrected chi connectivity index (χ0v) is 22.8. The normalized spacial score (nSPS) is 13.9. The number of nitrogens with one attached hydrogen (secondary N) is 2. The molecule has 3 rings (SSSR count). The quantitative estimate of drug-likeness (QED) is 0.337. The van der Waals surface area contributed by atoms with Crippen molar-refractivity contribution in [3.8, 4) is 0 Å². The van der Waals surface area contributed by atoms with Crippen LogP contribution >= 0.6 is 0 Å². The number of pyridine rings is 1. The smallest absolute Gasteiger partial charge is 0.271 e. The second kappa shape index (κ2) is 13.1. The van der Waals surface area contributed by atoms with Crippen molar-refractivity contribution in [1.29, 1.82) is 0 Å². The standard InChI is InChI=1S/C27H38N8O3/c1-6-21-23(19-9-10-19)33-26(24(32-21)25(28)37)31-20-14-18(15-29-16-20)11-12-30-27(38)17(2)35(5)22(36)8-7-13-34(3)4/h7-8,14-17,19H,6,9-13H2,1-5H3,(H2,28,37)(H,30,38)(H,31,33)/b8-7+/t17-/m0/s1. The lowest BCUT2D eigenvalue weighted by Gasteiger charge is -2.23. The summed E-state index contributed by atoms with van der Waals surface area (Å²) in [7, 11) is 5.43. The van der Waals surface area contributed by atoms with Gasteiger partial charge in [-0.1, -0.05) is 13.0 Å². The van der Waals surface area contributed by atoms with Crippen LogP contribution in [0.25, 0.3) is 0 Å². The first-order valence-corrected chi connectivity index (χ1v) is 12.9. The van der Waals surface area contributed by atoms with E-state index in [2.05, 4.69) is 20.6 Å². The monoisotopic (exact) mass is 522 g/mol. The molecule has 204 valence electrons. The van der Waals surface area contributed by atoms with Gasteiger partial charge in [-0.15, -0.1) is 0 Å². The molecule has 11 heteroatoms. The van der Waals surface area contributed by atoms with E-state index in [4.69, 9.17) is 10.7 Å². The molecule has 0 saturated heterocycles. The number of hydrogen-bond acceptors (Lipinski definition) is 8. The number of aromatic nitrogens is 3. The Balaban J connectivity index is 1.60. The zero-order chi connectivity index (χ0) is 27.8. The number of hydrogen-bond donors (Lipinski definition) is 3. The summed E-state index contributed by atoms with van der Waals surface area (Å²) in [6.07, 6.45) is 9.92. The fourth-order valence-corrected chi connectivity index (χ4v) is 3.84. The second-order valence-corrected chi connectivity index (χ2v) is 9.78. The van der Waals surface area contributed by atoms with E-state index in [1.807, 2.05) is 32.0 Å². The molecule has 1 fully saturated rings. The van der Waals surface area contributed by atoms with Gasteiger partial charge in [0, 0.05) is 38.3 Å². The molecule has 1 saturated carbocycles. The highest BCUT2D eigenvalue weighted by Crippen LogP contribution is 2.41. The van der Waals surface area contributed by atoms with Crippen LogP contribution in [-0.2, 0) is 22.4 Å². The summed E-state index contributed by atoms with van der Waals surface area (Å²) in [5.41, 5.74) is 8.93. The van der Waals surface area contributed by atoms with Gasteiger partial charge in [0.25, 0.3) is 5.91 Å². The summed E-state index contributed by atoms with van der Waals surface area (Å²) in [6, 6.07) is 1.26. The van der Waals surface area contributed by atoms with Crippen molar-refractivity contribution in [2.24, 2.45) is 5.73 Å². The van der Waals surface area contributed by atoms with Crippen molar-refractivity contribution in [3.05, 3.63) is 53.3 Å². The van der Waals surface area contributed by atoms with Gasteiger partial charge in [0.2, 0.25) is 11.8 Å². The van der Waals surface area contributed by atoms with E-state index in [1.165, 1.54) is 11.0 Å². The Labute approximate surface area is 223 Å². The van der Waals surface area contributed by atoms with Crippen LogP contribution < -0.4 is 16.4 Å². The number of carbonyl (C=O) groups excluding carboxylic acids is 3. The summed E-state index contributed by atoms with van der Waals surface area (Å²) < 4.78 is 0. The van der Waals surface area contributed by atoms with Crippen molar-refractivity contribution < 1.29 is 14.4 Å². The highest BCUT2D eigenvalue weighted by atomic mass is 16.2. The lowest BCUT2D eigenvalue weighted by atomic mass is 10.1. The first-order valence-electron chi connectivity index (χ1n) is 12.9. The predicted octanol–water partition coefficient (Wildman–Crippen LogP) is 1.78. The van der Waals surface area contributed by atoms with Gasteiger partial charge in [0.1, 0.15) is 6.04 Å². The van der Waals surface area contributed by atoms with Crippen LogP contribution in [0.2, 0.25) is 0 Å². The average molecular weight is 523 g/mol. The minimum atomic E-state index is -0.644. The summed E-state index contributed by atoms with van der Waals surface area (Å²) in [4.78, 5) is 53.8. The Hall–Kier alpha value is -3.86. The van der Waals surface area contributed by atoms with Gasteiger partial charge >= 0.3 is 0 Å². The molecule has 4 N–H and O–H groups in total. The topological polar surface area (TPSA) is 146 Å². The van der Waals surface area contributed by atoms with Crippen LogP contribution in [0.1, 0.15) is 60.0 Å². The fourth-order valence-electron chi connectivity index (χ4n) is 3.84. The molecule has 11 nitrogen and oxygen atoms in total. The predicted molar refractivity (Wildman–Crippen MR) is 146 cm³/mol. The van der Waals surface area contributed by atoms with Crippen LogP contribution in [0.15, 0.2) is 30.6 Å². The number of aryl methyl sites for hydroxylation is 1. The molecule has 0 unspecified atom stereocenters. The fraction of sp³-hybridized carbons (Fsp3) is 0.481. The Morgan fingerprint density at radius 1 is 1.18 bits per heavy atom. The first kappa shape index (κ1) is 28.7. The molecular weight excluding hydrogens is 484 g/mol. The number of likely N-dealkylation sites (N-methyl/N-ethyl adjacent to an activating group) is 2. The molecule has 0 spiro atoms. The number of rotatable bonds is 13. The van der Waals surface area contributed by atoms with Crippen molar-refractivity contribution in [1.82, 2.24) is 30.1 Å². The van der Waals surface area contributed by atoms with E-state index in [0.29, 0.717) is 43.4 Å². The third-order valence-electron chi connectivity index (χ3n) is 6.34. The van der Waals surface area contributed by atoms with Crippen molar-refractivity contribution in [2.75, 3.05) is 39.5 Å². The van der Waals surface area contributed by atoms with Crippen LogP contribution in [0.5, 0.6) is 0 Å². The van der Waals surface area contributed by atoms with E-state index >= 15 is 0 Å². The number of nitrogens with zero attached hydrogens (tertiary/aromatic N) is 5. The van der Waals surface area contributed by atoms with Gasteiger partial charge < -0.3 is 26.2 Å². The lowest BCUT2D eigenvalue weighted by molar-refractivity contribution is -0.135. The molecule has 1 aliphatic rings. The lowest BCUT2D eigenvalue weighted by Crippen LogP contribution is -2.45. The summed E-state index contributed by atoms with van der Waals surface area (Å²) >= 11 is 0. The van der Waals surface area contributed by atoms with Crippen LogP contribution in [0.3, 0.4) is 0 Å². The van der Waals surface area contributed by atoms with E-state index in [1.54, 1.807) is 32.4 Å². The van der Waals surface area contributed by atoms with Gasteiger partial charge in [-0.3, -0.25) is 19.4 Å². The molecular formula is C27H38N8O3. The minimum Gasteiger partial charge on any atom is -0.364 e. The second-order valence-electron chi connectivity index (χ2n) is 9.78. The maximum atomic E-state index is 12.6. The highest BCUT2D eigenvalue weighted by Gasteiger charge is 2.30. The Morgan fingerprint density at radius 2 is 1.92 bits per heavy atom. The average Bonchev–Trinajstić information content (AvgIpc) is 3.73. The summed E-state index contributed by atoms with van der Waals surface area (Å²) in [6.45, 7) is 4.69. The maximum absolute atomic E-state index is 12.6. The Kier molecular flexibility index (Phi) is 9.89. The molecule has 38 heavy (non-hydrogen) atoms. The van der Waals surface area contributed by atoms with Gasteiger partial charge in [0.05, 0.1) is 23.3 Å². The number of amides is 3. The molecule has 2 aromatic rings. The van der Waals surface area contributed by atoms with Crippen molar-refractivity contribution >= 4 is 29.2 Å². The van der Waals surface area contributed by atoms with Gasteiger partial charge in [-0.2, -0.15) is 0 Å². The summed E-state index contributed by atoms with van der Waals surface area (Å²) in [5, 5.41) is 6.04. The number of nitrogens with two attached hydrogens (primary N) is 1. The largest absolute Gasteiger partial charge is 0.364 e. The van der Waals surface area contributed by atoms with Crippen LogP contribution in [-0.4, -0.2) is 82.7 Å². The molecule has 1 atom stereocenters. The number of carbonyl (C=O) groups is 3. The van der Waals surface area contributed by atoms with E-state index < -0.39 is 11.9 Å². The Bertz CT molecular complexity index is 1190. The molecule has 2 heterocycles. The van der Waals surface area contributed by atoms with Crippen molar-refractivity contribution in [3.63, 3.8) is 0 Å². The molecule has 0 radical (unpaired) electrons. The third kappa shape index (κ3) is 7.82. The Morgan fingerprint density at radius 3 is 2.55 bits per heavy atom. The molecule has 3 amide bonds. The van der Waals surface area contributed by atoms with Gasteiger partial charge in [0.15, 0.2) is 11.5 Å². The van der Waals surface area contributed by atoms with Gasteiger partial charge in [-0.05, 0) is 58.3 Å². The number of primary amides is 1. The highest BCUT2D eigenvalue weighted by molar-refractivity contribution is 5.96. The molecule has 0 aliphatic heterocycles. The number of anilines is 2. The molecule has 0 aromatic carbocycles. The minimum absolute atomic E-state index is 0.105. The zero-order valence-electron chi connectivity index (χ0n) is 22.8. The SMILES string of the molecule is CCc1nc(C(N)=O)c(Nc2cncc(CCNC(=O)[C@H](C)N(C)C(=O)/C=C/CN(C)C)c2)nc1C1CC1. The third-order valence-corrected chi connectivity index (χ3v) is 6.34. The van der Waals surface area contributed by atoms with Gasteiger partial charge in [-0.25, -0.2) is 9.97 Å². The molecule has 2 aromatic heterocycles. The molecule has 1 aliphatic carbocycles. The maximum Gasteiger partial charge on any atom is 0.271 e. The van der Waals surface area contributed by atoms with Crippen molar-refractivity contribution in [2.45, 2.75) is 51.5 Å². The summed E-state index contributed by atoms with van der Waals surface area (Å²) in [5.74, 6) is -0.416.